The van der Waals surface area contributed by atoms with Crippen LogP contribution in [0.5, 0.6) is 0 Å². The lowest BCUT2D eigenvalue weighted by atomic mass is 10.1. The highest BCUT2D eigenvalue weighted by Gasteiger charge is 2.08. The van der Waals surface area contributed by atoms with E-state index in [1.54, 1.807) is 17.0 Å². The van der Waals surface area contributed by atoms with Crippen LogP contribution in [-0.4, -0.2) is 24.4 Å². The van der Waals surface area contributed by atoms with Crippen molar-refractivity contribution in [1.29, 1.82) is 5.26 Å². The van der Waals surface area contributed by atoms with Gasteiger partial charge in [0, 0.05) is 13.6 Å². The average Bonchev–Trinajstić information content (AvgIpc) is 2.30. The highest BCUT2D eigenvalue weighted by atomic mass is 16.2. The van der Waals surface area contributed by atoms with Crippen LogP contribution in [0.25, 0.3) is 0 Å². The number of hydrogen-bond donors (Lipinski definition) is 0. The molecule has 0 aliphatic carbocycles. The molecule has 16 heavy (non-hydrogen) atoms. The number of benzene rings is 1. The normalized spacial score (nSPS) is 9.56. The minimum Gasteiger partial charge on any atom is -0.345 e. The maximum absolute atomic E-state index is 11.7. The Balaban J connectivity index is 2.60. The molecular weight excluding hydrogens is 200 g/mol. The van der Waals surface area contributed by atoms with Gasteiger partial charge in [0.05, 0.1) is 18.1 Å². The summed E-state index contributed by atoms with van der Waals surface area (Å²) in [5.74, 6) is 0.117. The molecule has 0 saturated carbocycles. The van der Waals surface area contributed by atoms with Gasteiger partial charge in [0.25, 0.3) is 0 Å². The highest BCUT2D eigenvalue weighted by Crippen LogP contribution is 2.05. The van der Waals surface area contributed by atoms with Gasteiger partial charge in [0.2, 0.25) is 5.91 Å². The van der Waals surface area contributed by atoms with Crippen molar-refractivity contribution in [3.8, 4) is 6.07 Å². The summed E-state index contributed by atoms with van der Waals surface area (Å²) < 4.78 is 0. The molecule has 0 heterocycles. The van der Waals surface area contributed by atoms with E-state index < -0.39 is 0 Å². The molecule has 0 N–H and O–H groups in total. The van der Waals surface area contributed by atoms with Gasteiger partial charge in [-0.1, -0.05) is 19.1 Å². The first-order chi connectivity index (χ1) is 7.67. The zero-order valence-corrected chi connectivity index (χ0v) is 9.73. The molecule has 1 amide bonds. The summed E-state index contributed by atoms with van der Waals surface area (Å²) in [4.78, 5) is 13.5. The SMILES string of the molecule is CCCN(C)C(=O)Cc1ccc(C#N)cc1. The molecule has 0 spiro atoms. The molecule has 1 aromatic carbocycles. The molecule has 0 saturated heterocycles. The third-order valence-electron chi connectivity index (χ3n) is 2.42. The molecule has 1 aromatic rings. The lowest BCUT2D eigenvalue weighted by Crippen LogP contribution is -2.28. The van der Waals surface area contributed by atoms with Crippen molar-refractivity contribution in [1.82, 2.24) is 4.90 Å². The third-order valence-corrected chi connectivity index (χ3v) is 2.42. The average molecular weight is 216 g/mol. The van der Waals surface area contributed by atoms with Crippen molar-refractivity contribution in [3.63, 3.8) is 0 Å². The Hall–Kier alpha value is -1.82. The second kappa shape index (κ2) is 5.92. The van der Waals surface area contributed by atoms with Crippen LogP contribution in [-0.2, 0) is 11.2 Å². The number of nitriles is 1. The number of likely N-dealkylation sites (N-methyl/N-ethyl adjacent to an activating group) is 1. The van der Waals surface area contributed by atoms with Crippen LogP contribution in [0.4, 0.5) is 0 Å². The maximum Gasteiger partial charge on any atom is 0.226 e. The monoisotopic (exact) mass is 216 g/mol. The lowest BCUT2D eigenvalue weighted by Gasteiger charge is -2.15. The van der Waals surface area contributed by atoms with Crippen LogP contribution in [0.3, 0.4) is 0 Å². The van der Waals surface area contributed by atoms with E-state index in [1.807, 2.05) is 26.1 Å². The summed E-state index contributed by atoms with van der Waals surface area (Å²) in [7, 11) is 1.81. The molecule has 84 valence electrons. The van der Waals surface area contributed by atoms with E-state index >= 15 is 0 Å². The van der Waals surface area contributed by atoms with Gasteiger partial charge in [-0.2, -0.15) is 5.26 Å². The van der Waals surface area contributed by atoms with Crippen LogP contribution in [0, 0.1) is 11.3 Å². The van der Waals surface area contributed by atoms with Gasteiger partial charge in [-0.3, -0.25) is 4.79 Å². The first-order valence-electron chi connectivity index (χ1n) is 5.40. The minimum atomic E-state index is 0.117. The smallest absolute Gasteiger partial charge is 0.226 e. The summed E-state index contributed by atoms with van der Waals surface area (Å²) >= 11 is 0. The van der Waals surface area contributed by atoms with Crippen LogP contribution in [0.15, 0.2) is 24.3 Å². The van der Waals surface area contributed by atoms with Crippen LogP contribution in [0.1, 0.15) is 24.5 Å². The zero-order chi connectivity index (χ0) is 12.0. The molecule has 3 heteroatoms. The van der Waals surface area contributed by atoms with E-state index in [9.17, 15) is 4.79 Å². The van der Waals surface area contributed by atoms with Crippen molar-refractivity contribution in [2.45, 2.75) is 19.8 Å². The van der Waals surface area contributed by atoms with Gasteiger partial charge in [-0.25, -0.2) is 0 Å². The first-order valence-corrected chi connectivity index (χ1v) is 5.40. The van der Waals surface area contributed by atoms with Crippen LogP contribution in [0.2, 0.25) is 0 Å². The van der Waals surface area contributed by atoms with E-state index in [1.165, 1.54) is 0 Å². The molecule has 0 fully saturated rings. The molecule has 0 bridgehead atoms. The lowest BCUT2D eigenvalue weighted by molar-refractivity contribution is -0.129. The fourth-order valence-electron chi connectivity index (χ4n) is 1.47. The van der Waals surface area contributed by atoms with Gasteiger partial charge in [0.15, 0.2) is 0 Å². The summed E-state index contributed by atoms with van der Waals surface area (Å²) in [6.45, 7) is 2.83. The Labute approximate surface area is 96.3 Å². The van der Waals surface area contributed by atoms with Gasteiger partial charge in [-0.05, 0) is 24.1 Å². The first kappa shape index (κ1) is 12.3. The van der Waals surface area contributed by atoms with Gasteiger partial charge < -0.3 is 4.90 Å². The molecule has 0 aliphatic heterocycles. The summed E-state index contributed by atoms with van der Waals surface area (Å²) in [5.41, 5.74) is 1.57. The quantitative estimate of drug-likeness (QED) is 0.772. The fraction of sp³-hybridized carbons (Fsp3) is 0.385. The van der Waals surface area contributed by atoms with Crippen LogP contribution < -0.4 is 0 Å². The Morgan fingerprint density at radius 1 is 1.38 bits per heavy atom. The number of amides is 1. The standard InChI is InChI=1S/C13H16N2O/c1-3-8-15(2)13(16)9-11-4-6-12(10-14)7-5-11/h4-7H,3,8-9H2,1-2H3. The highest BCUT2D eigenvalue weighted by molar-refractivity contribution is 5.78. The van der Waals surface area contributed by atoms with Gasteiger partial charge in [0.1, 0.15) is 0 Å². The van der Waals surface area contributed by atoms with Crippen molar-refractivity contribution in [3.05, 3.63) is 35.4 Å². The fourth-order valence-corrected chi connectivity index (χ4v) is 1.47. The second-order valence-corrected chi connectivity index (χ2v) is 3.80. The number of rotatable bonds is 4. The second-order valence-electron chi connectivity index (χ2n) is 3.80. The van der Waals surface area contributed by atoms with Crippen LogP contribution >= 0.6 is 0 Å². The van der Waals surface area contributed by atoms with Crippen molar-refractivity contribution in [2.75, 3.05) is 13.6 Å². The van der Waals surface area contributed by atoms with E-state index in [2.05, 4.69) is 6.07 Å². The topological polar surface area (TPSA) is 44.1 Å². The molecule has 1 rings (SSSR count). The summed E-state index contributed by atoms with van der Waals surface area (Å²) in [6, 6.07) is 9.19. The number of nitrogens with zero attached hydrogens (tertiary/aromatic N) is 2. The molecule has 0 unspecified atom stereocenters. The Kier molecular flexibility index (Phi) is 4.53. The number of carbonyl (C=O) groups is 1. The maximum atomic E-state index is 11.7. The van der Waals surface area contributed by atoms with E-state index in [0.29, 0.717) is 12.0 Å². The predicted molar refractivity (Wildman–Crippen MR) is 62.8 cm³/mol. The Morgan fingerprint density at radius 2 is 2.00 bits per heavy atom. The predicted octanol–water partition coefficient (Wildman–Crippen LogP) is 1.97. The number of carbonyl (C=O) groups excluding carboxylic acids is 1. The van der Waals surface area contributed by atoms with E-state index in [-0.39, 0.29) is 5.91 Å². The largest absolute Gasteiger partial charge is 0.345 e. The Bertz CT molecular complexity index is 389. The Morgan fingerprint density at radius 3 is 2.50 bits per heavy atom. The van der Waals surface area contributed by atoms with Gasteiger partial charge >= 0.3 is 0 Å². The van der Waals surface area contributed by atoms with Crippen molar-refractivity contribution in [2.24, 2.45) is 0 Å². The number of hydrogen-bond acceptors (Lipinski definition) is 2. The molecular formula is C13H16N2O. The summed E-state index contributed by atoms with van der Waals surface area (Å²) in [5, 5.41) is 8.64. The molecule has 0 aliphatic rings. The third kappa shape index (κ3) is 3.39. The van der Waals surface area contributed by atoms with Crippen molar-refractivity contribution < 1.29 is 4.79 Å². The molecule has 0 aromatic heterocycles. The van der Waals surface area contributed by atoms with E-state index in [4.69, 9.17) is 5.26 Å². The van der Waals surface area contributed by atoms with E-state index in [0.717, 1.165) is 18.5 Å². The molecule has 0 atom stereocenters. The van der Waals surface area contributed by atoms with Gasteiger partial charge in [-0.15, -0.1) is 0 Å². The summed E-state index contributed by atoms with van der Waals surface area (Å²) in [6.07, 6.45) is 1.37. The minimum absolute atomic E-state index is 0.117. The molecule has 0 radical (unpaired) electrons. The van der Waals surface area contributed by atoms with Crippen molar-refractivity contribution >= 4 is 5.91 Å². The zero-order valence-electron chi connectivity index (χ0n) is 9.73. The molecule has 3 nitrogen and oxygen atoms in total.